The molecule has 2 saturated heterocycles. The maximum Gasteiger partial charge on any atom is 0.330 e. The van der Waals surface area contributed by atoms with Crippen LogP contribution >= 0.6 is 0 Å². The van der Waals surface area contributed by atoms with Crippen molar-refractivity contribution in [3.8, 4) is 0 Å². The van der Waals surface area contributed by atoms with Gasteiger partial charge in [-0.05, 0) is 38.0 Å². The second kappa shape index (κ2) is 11.5. The van der Waals surface area contributed by atoms with E-state index in [1.165, 1.54) is 6.08 Å². The van der Waals surface area contributed by atoms with Gasteiger partial charge in [-0.25, -0.2) is 4.79 Å². The minimum absolute atomic E-state index is 0.289. The van der Waals surface area contributed by atoms with Crippen LogP contribution in [0.25, 0.3) is 0 Å². The molecular weight excluding hydrogens is 448 g/mol. The highest BCUT2D eigenvalue weighted by molar-refractivity contribution is 5.82. The van der Waals surface area contributed by atoms with Gasteiger partial charge in [-0.1, -0.05) is 60.7 Å². The molecule has 7 heteroatoms. The van der Waals surface area contributed by atoms with Crippen LogP contribution in [0.5, 0.6) is 0 Å². The summed E-state index contributed by atoms with van der Waals surface area (Å²) in [4.78, 5) is 12.2. The molecule has 0 bridgehead atoms. The molecule has 2 heterocycles. The van der Waals surface area contributed by atoms with Gasteiger partial charge >= 0.3 is 5.97 Å². The number of carbonyl (C=O) groups excluding carboxylic acids is 1. The third-order valence-electron chi connectivity index (χ3n) is 6.01. The van der Waals surface area contributed by atoms with E-state index in [1.807, 2.05) is 74.5 Å². The molecule has 0 N–H and O–H groups in total. The van der Waals surface area contributed by atoms with Crippen LogP contribution in [0.15, 0.2) is 72.8 Å². The van der Waals surface area contributed by atoms with Crippen LogP contribution in [-0.4, -0.2) is 49.1 Å². The smallest absolute Gasteiger partial charge is 0.330 e. The van der Waals surface area contributed by atoms with Gasteiger partial charge in [0.1, 0.15) is 17.8 Å². The summed E-state index contributed by atoms with van der Waals surface area (Å²) in [7, 11) is 0. The number of fused-ring (bicyclic) bond motifs is 1. The summed E-state index contributed by atoms with van der Waals surface area (Å²) in [5.41, 5.74) is 1.11. The molecule has 4 atom stereocenters. The number of hydrogen-bond acceptors (Lipinski definition) is 7. The van der Waals surface area contributed by atoms with Crippen LogP contribution in [-0.2, 0) is 46.4 Å². The Labute approximate surface area is 206 Å². The normalized spacial score (nSPS) is 27.2. The fourth-order valence-corrected chi connectivity index (χ4v) is 4.43. The number of benzene rings is 2. The molecule has 0 aliphatic carbocycles. The predicted octanol–water partition coefficient (Wildman–Crippen LogP) is 4.54. The van der Waals surface area contributed by atoms with Gasteiger partial charge in [-0.2, -0.15) is 0 Å². The van der Waals surface area contributed by atoms with Crippen LogP contribution in [0.1, 0.15) is 38.3 Å². The molecule has 2 aromatic rings. The lowest BCUT2D eigenvalue weighted by Crippen LogP contribution is -2.46. The zero-order valence-electron chi connectivity index (χ0n) is 20.6. The number of esters is 1. The zero-order valence-corrected chi connectivity index (χ0v) is 20.6. The molecule has 2 aliphatic rings. The highest BCUT2D eigenvalue weighted by Gasteiger charge is 2.61. The fourth-order valence-electron chi connectivity index (χ4n) is 4.43. The summed E-state index contributed by atoms with van der Waals surface area (Å²) in [6.07, 6.45) is 1.92. The van der Waals surface area contributed by atoms with E-state index >= 15 is 0 Å². The molecule has 2 aromatic carbocycles. The minimum Gasteiger partial charge on any atom is -0.463 e. The first-order valence-electron chi connectivity index (χ1n) is 12.1. The SMILES string of the molecule is CCOC(=O)/C=C/[C@]1(CCOCc2ccccc2)O[C@@H]2OC(C)(C)O[C@@H]2[C@@H]1OCc1ccccc1. The number of hydrogen-bond donors (Lipinski definition) is 0. The van der Waals surface area contributed by atoms with E-state index in [0.717, 1.165) is 11.1 Å². The van der Waals surface area contributed by atoms with E-state index in [1.54, 1.807) is 13.0 Å². The van der Waals surface area contributed by atoms with E-state index in [2.05, 4.69) is 0 Å². The molecular formula is C28H34O7. The summed E-state index contributed by atoms with van der Waals surface area (Å²) in [5.74, 6) is -1.24. The molecule has 4 rings (SSSR count). The minimum atomic E-state index is -0.996. The Hall–Kier alpha value is -2.55. The zero-order chi connectivity index (χ0) is 24.7. The van der Waals surface area contributed by atoms with Crippen molar-refractivity contribution >= 4 is 5.97 Å². The second-order valence-electron chi connectivity index (χ2n) is 9.13. The third kappa shape index (κ3) is 6.57. The maximum atomic E-state index is 12.2. The maximum absolute atomic E-state index is 12.2. The van der Waals surface area contributed by atoms with Crippen molar-refractivity contribution in [1.82, 2.24) is 0 Å². The molecule has 0 amide bonds. The number of ether oxygens (including phenoxy) is 6. The monoisotopic (exact) mass is 482 g/mol. The largest absolute Gasteiger partial charge is 0.463 e. The molecule has 188 valence electrons. The van der Waals surface area contributed by atoms with E-state index in [0.29, 0.717) is 26.2 Å². The van der Waals surface area contributed by atoms with E-state index in [9.17, 15) is 4.79 Å². The lowest BCUT2D eigenvalue weighted by Gasteiger charge is -2.34. The molecule has 0 aromatic heterocycles. The highest BCUT2D eigenvalue weighted by Crippen LogP contribution is 2.46. The summed E-state index contributed by atoms with van der Waals surface area (Å²) < 4.78 is 36.2. The van der Waals surface area contributed by atoms with E-state index in [4.69, 9.17) is 28.4 Å². The average Bonchev–Trinajstić information content (AvgIpc) is 3.29. The van der Waals surface area contributed by atoms with Gasteiger partial charge < -0.3 is 28.4 Å². The molecule has 0 unspecified atom stereocenters. The average molecular weight is 483 g/mol. The van der Waals surface area contributed by atoms with Crippen LogP contribution in [0, 0.1) is 0 Å². The third-order valence-corrected chi connectivity index (χ3v) is 6.01. The van der Waals surface area contributed by atoms with Crippen LogP contribution in [0.4, 0.5) is 0 Å². The Morgan fingerprint density at radius 3 is 2.26 bits per heavy atom. The Bertz CT molecular complexity index is 975. The highest BCUT2D eigenvalue weighted by atomic mass is 16.8. The van der Waals surface area contributed by atoms with Gasteiger partial charge in [0, 0.05) is 12.5 Å². The van der Waals surface area contributed by atoms with Crippen molar-refractivity contribution in [3.05, 3.63) is 83.9 Å². The first-order chi connectivity index (χ1) is 16.9. The lowest BCUT2D eigenvalue weighted by molar-refractivity contribution is -0.237. The van der Waals surface area contributed by atoms with Crippen LogP contribution in [0.3, 0.4) is 0 Å². The molecule has 35 heavy (non-hydrogen) atoms. The van der Waals surface area contributed by atoms with Crippen molar-refractivity contribution < 1.29 is 33.2 Å². The van der Waals surface area contributed by atoms with Gasteiger partial charge in [-0.15, -0.1) is 0 Å². The van der Waals surface area contributed by atoms with Crippen molar-refractivity contribution in [2.45, 2.75) is 70.3 Å². The molecule has 0 saturated carbocycles. The second-order valence-corrected chi connectivity index (χ2v) is 9.13. The van der Waals surface area contributed by atoms with E-state index < -0.39 is 35.9 Å². The first-order valence-corrected chi connectivity index (χ1v) is 12.1. The van der Waals surface area contributed by atoms with Crippen molar-refractivity contribution in [3.63, 3.8) is 0 Å². The van der Waals surface area contributed by atoms with Crippen molar-refractivity contribution in [1.29, 1.82) is 0 Å². The van der Waals surface area contributed by atoms with Crippen LogP contribution < -0.4 is 0 Å². The summed E-state index contributed by atoms with van der Waals surface area (Å²) in [6.45, 7) is 6.98. The summed E-state index contributed by atoms with van der Waals surface area (Å²) in [6, 6.07) is 19.9. The van der Waals surface area contributed by atoms with Gasteiger partial charge in [-0.3, -0.25) is 0 Å². The Kier molecular flexibility index (Phi) is 8.36. The van der Waals surface area contributed by atoms with Crippen molar-refractivity contribution in [2.24, 2.45) is 0 Å². The molecule has 2 fully saturated rings. The van der Waals surface area contributed by atoms with Crippen LogP contribution in [0.2, 0.25) is 0 Å². The molecule has 7 nitrogen and oxygen atoms in total. The van der Waals surface area contributed by atoms with Gasteiger partial charge in [0.25, 0.3) is 0 Å². The van der Waals surface area contributed by atoms with Crippen molar-refractivity contribution in [2.75, 3.05) is 13.2 Å². The van der Waals surface area contributed by atoms with E-state index in [-0.39, 0.29) is 6.61 Å². The number of rotatable bonds is 11. The Morgan fingerprint density at radius 1 is 0.943 bits per heavy atom. The Balaban J connectivity index is 1.54. The molecule has 0 spiro atoms. The first kappa shape index (κ1) is 25.5. The number of carbonyl (C=O) groups is 1. The lowest BCUT2D eigenvalue weighted by atomic mass is 9.91. The van der Waals surface area contributed by atoms with Gasteiger partial charge in [0.2, 0.25) is 0 Å². The quantitative estimate of drug-likeness (QED) is 0.264. The Morgan fingerprint density at radius 2 is 1.60 bits per heavy atom. The summed E-state index contributed by atoms with van der Waals surface area (Å²) >= 11 is 0. The van der Waals surface area contributed by atoms with Gasteiger partial charge in [0.15, 0.2) is 12.1 Å². The summed E-state index contributed by atoms with van der Waals surface area (Å²) in [5, 5.41) is 0. The predicted molar refractivity (Wildman–Crippen MR) is 129 cm³/mol. The standard InChI is InChI=1S/C28H34O7/c1-4-31-23(29)15-16-28(17-18-30-19-21-11-7-5-8-12-21)25(32-20-22-13-9-6-10-14-22)24-26(35-28)34-27(2,3)33-24/h5-16,24-26H,4,17-20H2,1-3H3/b16-15+/t24-,25+,26+,28-/m1/s1. The topological polar surface area (TPSA) is 72.5 Å². The van der Waals surface area contributed by atoms with Gasteiger partial charge in [0.05, 0.1) is 26.4 Å². The molecule has 2 aliphatic heterocycles. The fraction of sp³-hybridized carbons (Fsp3) is 0.464. The molecule has 0 radical (unpaired) electrons.